The molecular formula is C31H37F. The van der Waals surface area contributed by atoms with Crippen molar-refractivity contribution in [2.75, 3.05) is 6.67 Å². The second kappa shape index (κ2) is 11.5. The molecule has 0 atom stereocenters. The van der Waals surface area contributed by atoms with Crippen LogP contribution in [0.2, 0.25) is 0 Å². The molecule has 0 bridgehead atoms. The van der Waals surface area contributed by atoms with Gasteiger partial charge in [0.25, 0.3) is 0 Å². The summed E-state index contributed by atoms with van der Waals surface area (Å²) in [6, 6.07) is 27.2. The maximum Gasteiger partial charge on any atom is 0.0894 e. The number of halogens is 1. The summed E-state index contributed by atoms with van der Waals surface area (Å²) in [6.07, 6.45) is 10.5. The number of benzene rings is 3. The molecule has 3 aromatic rings. The zero-order valence-electron chi connectivity index (χ0n) is 19.5. The van der Waals surface area contributed by atoms with Crippen LogP contribution in [0.25, 0.3) is 22.3 Å². The fourth-order valence-electron chi connectivity index (χ4n) is 5.27. The fourth-order valence-corrected chi connectivity index (χ4v) is 5.27. The lowest BCUT2D eigenvalue weighted by Gasteiger charge is -2.29. The van der Waals surface area contributed by atoms with Gasteiger partial charge in [-0.2, -0.15) is 0 Å². The Kier molecular flexibility index (Phi) is 8.15. The molecule has 4 rings (SSSR count). The van der Waals surface area contributed by atoms with Gasteiger partial charge in [0, 0.05) is 0 Å². The van der Waals surface area contributed by atoms with Crippen molar-refractivity contribution in [3.63, 3.8) is 0 Å². The molecule has 1 heteroatoms. The highest BCUT2D eigenvalue weighted by Gasteiger charge is 2.22. The minimum atomic E-state index is -0.156. The summed E-state index contributed by atoms with van der Waals surface area (Å²) < 4.78 is 12.3. The number of rotatable bonds is 9. The predicted molar refractivity (Wildman–Crippen MR) is 136 cm³/mol. The summed E-state index contributed by atoms with van der Waals surface area (Å²) in [5.41, 5.74) is 8.03. The van der Waals surface area contributed by atoms with Gasteiger partial charge in [-0.05, 0) is 83.7 Å². The van der Waals surface area contributed by atoms with E-state index in [-0.39, 0.29) is 6.67 Å². The van der Waals surface area contributed by atoms with Gasteiger partial charge in [-0.3, -0.25) is 4.39 Å². The van der Waals surface area contributed by atoms with E-state index in [2.05, 4.69) is 79.7 Å². The molecule has 1 fully saturated rings. The summed E-state index contributed by atoms with van der Waals surface area (Å²) in [6.45, 7) is 2.07. The minimum absolute atomic E-state index is 0.156. The van der Waals surface area contributed by atoms with E-state index in [1.54, 1.807) is 0 Å². The lowest BCUT2D eigenvalue weighted by atomic mass is 9.77. The lowest BCUT2D eigenvalue weighted by Crippen LogP contribution is -2.13. The summed E-state index contributed by atoms with van der Waals surface area (Å²) in [4.78, 5) is 0. The van der Waals surface area contributed by atoms with Crippen LogP contribution in [0.5, 0.6) is 0 Å². The van der Waals surface area contributed by atoms with Gasteiger partial charge in [-0.25, -0.2) is 0 Å². The molecule has 3 aromatic carbocycles. The van der Waals surface area contributed by atoms with Gasteiger partial charge >= 0.3 is 0 Å². The number of alkyl halides is 1. The van der Waals surface area contributed by atoms with Gasteiger partial charge in [-0.1, -0.05) is 99.0 Å². The van der Waals surface area contributed by atoms with Crippen LogP contribution in [0.1, 0.15) is 75.3 Å². The highest BCUT2D eigenvalue weighted by Crippen LogP contribution is 2.38. The Balaban J connectivity index is 1.35. The first kappa shape index (κ1) is 22.8. The van der Waals surface area contributed by atoms with Crippen molar-refractivity contribution < 1.29 is 4.39 Å². The van der Waals surface area contributed by atoms with E-state index in [1.807, 2.05) is 0 Å². The second-order valence-electron chi connectivity index (χ2n) is 9.55. The van der Waals surface area contributed by atoms with Crippen LogP contribution < -0.4 is 0 Å². The van der Waals surface area contributed by atoms with Gasteiger partial charge in [0.2, 0.25) is 0 Å². The predicted octanol–water partition coefficient (Wildman–Crippen LogP) is 9.39. The molecule has 0 unspecified atom stereocenters. The molecule has 0 spiro atoms. The number of unbranched alkanes of at least 4 members (excludes halogenated alkanes) is 1. The Morgan fingerprint density at radius 2 is 1.16 bits per heavy atom. The van der Waals surface area contributed by atoms with Gasteiger partial charge in [-0.15, -0.1) is 0 Å². The lowest BCUT2D eigenvalue weighted by molar-refractivity contribution is 0.298. The quantitative estimate of drug-likeness (QED) is 0.298. The largest absolute Gasteiger partial charge is 0.251 e. The first-order valence-electron chi connectivity index (χ1n) is 12.6. The van der Waals surface area contributed by atoms with E-state index in [0.29, 0.717) is 5.92 Å². The fraction of sp³-hybridized carbons (Fsp3) is 0.419. The van der Waals surface area contributed by atoms with E-state index in [0.717, 1.165) is 25.2 Å². The molecule has 0 saturated heterocycles. The maximum atomic E-state index is 12.3. The van der Waals surface area contributed by atoms with E-state index in [4.69, 9.17) is 0 Å². The number of hydrogen-bond acceptors (Lipinski definition) is 0. The normalized spacial score (nSPS) is 18.6. The van der Waals surface area contributed by atoms with Crippen molar-refractivity contribution in [1.82, 2.24) is 0 Å². The number of aryl methyl sites for hydroxylation is 1. The smallest absolute Gasteiger partial charge is 0.0894 e. The average Bonchev–Trinajstić information content (AvgIpc) is 2.86. The zero-order chi connectivity index (χ0) is 22.2. The number of hydrogen-bond donors (Lipinski definition) is 0. The van der Waals surface area contributed by atoms with Crippen molar-refractivity contribution in [3.05, 3.63) is 83.9 Å². The van der Waals surface area contributed by atoms with Crippen LogP contribution in [0.4, 0.5) is 4.39 Å². The highest BCUT2D eigenvalue weighted by molar-refractivity contribution is 5.70. The summed E-state index contributed by atoms with van der Waals surface area (Å²) >= 11 is 0. The monoisotopic (exact) mass is 428 g/mol. The van der Waals surface area contributed by atoms with Crippen LogP contribution in [0, 0.1) is 5.92 Å². The van der Waals surface area contributed by atoms with Gasteiger partial charge < -0.3 is 0 Å². The van der Waals surface area contributed by atoms with Gasteiger partial charge in [0.1, 0.15) is 0 Å². The molecule has 1 saturated carbocycles. The third kappa shape index (κ3) is 5.88. The van der Waals surface area contributed by atoms with Crippen LogP contribution in [0.3, 0.4) is 0 Å². The summed E-state index contributed by atoms with van der Waals surface area (Å²) in [5.74, 6) is 1.51. The van der Waals surface area contributed by atoms with Crippen LogP contribution in [0.15, 0.2) is 72.8 Å². The van der Waals surface area contributed by atoms with E-state index < -0.39 is 0 Å². The Hall–Kier alpha value is -2.41. The molecule has 0 nitrogen and oxygen atoms in total. The van der Waals surface area contributed by atoms with Crippen molar-refractivity contribution in [2.45, 2.75) is 70.6 Å². The van der Waals surface area contributed by atoms with Crippen LogP contribution in [-0.2, 0) is 6.42 Å². The second-order valence-corrected chi connectivity index (χ2v) is 9.55. The van der Waals surface area contributed by atoms with E-state index >= 15 is 0 Å². The van der Waals surface area contributed by atoms with Crippen LogP contribution in [-0.4, -0.2) is 6.67 Å². The topological polar surface area (TPSA) is 0 Å². The maximum absolute atomic E-state index is 12.3. The van der Waals surface area contributed by atoms with E-state index in [1.165, 1.54) is 71.9 Å². The third-order valence-corrected chi connectivity index (χ3v) is 7.27. The Morgan fingerprint density at radius 3 is 1.66 bits per heavy atom. The molecule has 32 heavy (non-hydrogen) atoms. The molecule has 0 heterocycles. The molecule has 0 amide bonds. The molecule has 0 N–H and O–H groups in total. The summed E-state index contributed by atoms with van der Waals surface area (Å²) in [5, 5.41) is 0. The SMILES string of the molecule is CCCc1ccc(-c2ccc(-c3ccc([C@H]4CC[C@H](CCCCF)CC4)cc3)cc2)cc1. The average molecular weight is 429 g/mol. The van der Waals surface area contributed by atoms with Gasteiger partial charge in [0.15, 0.2) is 0 Å². The van der Waals surface area contributed by atoms with Crippen molar-refractivity contribution >= 4 is 0 Å². The minimum Gasteiger partial charge on any atom is -0.251 e. The molecule has 1 aliphatic carbocycles. The molecule has 168 valence electrons. The Morgan fingerprint density at radius 1 is 0.656 bits per heavy atom. The molecule has 1 aliphatic rings. The van der Waals surface area contributed by atoms with Crippen molar-refractivity contribution in [3.8, 4) is 22.3 Å². The highest BCUT2D eigenvalue weighted by atomic mass is 19.1. The molecule has 0 radical (unpaired) electrons. The first-order valence-corrected chi connectivity index (χ1v) is 12.6. The van der Waals surface area contributed by atoms with Crippen molar-refractivity contribution in [2.24, 2.45) is 5.92 Å². The summed E-state index contributed by atoms with van der Waals surface area (Å²) in [7, 11) is 0. The standard InChI is InChI=1S/C31H37F/c1-2-5-24-7-11-26(12-8-24)28-15-19-30(20-16-28)31-21-17-29(18-22-31)27-13-9-25(10-14-27)6-3-4-23-32/h7-8,11-12,15-22,25,27H,2-6,9-10,13-14,23H2,1H3/t25-,27-. The van der Waals surface area contributed by atoms with Crippen molar-refractivity contribution in [1.29, 1.82) is 0 Å². The Labute approximate surface area is 193 Å². The molecular weight excluding hydrogens is 391 g/mol. The molecule has 0 aliphatic heterocycles. The zero-order valence-corrected chi connectivity index (χ0v) is 19.5. The first-order chi connectivity index (χ1) is 15.8. The Bertz CT molecular complexity index is 929. The third-order valence-electron chi connectivity index (χ3n) is 7.27. The van der Waals surface area contributed by atoms with Crippen LogP contribution >= 0.6 is 0 Å². The molecule has 0 aromatic heterocycles. The van der Waals surface area contributed by atoms with Gasteiger partial charge in [0.05, 0.1) is 6.67 Å². The van der Waals surface area contributed by atoms with E-state index in [9.17, 15) is 4.39 Å².